The van der Waals surface area contributed by atoms with Crippen molar-refractivity contribution in [3.8, 4) is 17.3 Å². The molecule has 0 radical (unpaired) electrons. The molecule has 2 aliphatic rings. The van der Waals surface area contributed by atoms with Crippen molar-refractivity contribution >= 4 is 5.70 Å². The van der Waals surface area contributed by atoms with Crippen molar-refractivity contribution in [1.29, 1.82) is 5.26 Å². The van der Waals surface area contributed by atoms with Crippen molar-refractivity contribution in [2.24, 2.45) is 0 Å². The van der Waals surface area contributed by atoms with Gasteiger partial charge >= 0.3 is 0 Å². The minimum atomic E-state index is 0.552. The number of rotatable bonds is 5. The average Bonchev–Trinajstić information content (AvgIpc) is 3.24. The van der Waals surface area contributed by atoms with Gasteiger partial charge in [-0.15, -0.1) is 0 Å². The Bertz CT molecular complexity index is 1150. The number of H-pyrrole nitrogens is 1. The van der Waals surface area contributed by atoms with Gasteiger partial charge in [-0.3, -0.25) is 0 Å². The molecule has 162 valence electrons. The maximum Gasteiger partial charge on any atom is 0.103 e. The smallest absolute Gasteiger partial charge is 0.103 e. The van der Waals surface area contributed by atoms with Gasteiger partial charge in [-0.2, -0.15) is 5.26 Å². The summed E-state index contributed by atoms with van der Waals surface area (Å²) in [6, 6.07) is 17.2. The molecule has 1 N–H and O–H groups in total. The average molecular weight is 423 g/mol. The van der Waals surface area contributed by atoms with Gasteiger partial charge in [-0.05, 0) is 79.3 Å². The van der Waals surface area contributed by atoms with Crippen molar-refractivity contribution in [1.82, 2.24) is 14.9 Å². The highest BCUT2D eigenvalue weighted by molar-refractivity contribution is 5.72. The lowest BCUT2D eigenvalue weighted by molar-refractivity contribution is 0.299. The highest BCUT2D eigenvalue weighted by atomic mass is 15.1. The van der Waals surface area contributed by atoms with Crippen molar-refractivity contribution in [2.75, 3.05) is 13.1 Å². The molecule has 1 aromatic heterocycles. The summed E-state index contributed by atoms with van der Waals surface area (Å²) in [4.78, 5) is 10.3. The molecule has 0 unspecified atom stereocenters. The molecule has 2 heterocycles. The SMILES string of the molecule is C=C(c1ccc(C2CCC2)c(-c2cnc(C)[nH]2)c1)N1CCC(c2ccc(C#N)cc2)CC1. The van der Waals surface area contributed by atoms with Crippen LogP contribution in [-0.2, 0) is 0 Å². The number of benzene rings is 2. The fraction of sp³-hybridized carbons (Fsp3) is 0.357. The summed E-state index contributed by atoms with van der Waals surface area (Å²) < 4.78 is 0. The summed E-state index contributed by atoms with van der Waals surface area (Å²) in [7, 11) is 0. The van der Waals surface area contributed by atoms with Crippen LogP contribution in [0.25, 0.3) is 17.0 Å². The van der Waals surface area contributed by atoms with Gasteiger partial charge in [0.1, 0.15) is 5.82 Å². The first-order valence-corrected chi connectivity index (χ1v) is 11.7. The molecule has 1 saturated carbocycles. The number of piperidine rings is 1. The number of aromatic nitrogens is 2. The second-order valence-electron chi connectivity index (χ2n) is 9.25. The van der Waals surface area contributed by atoms with E-state index in [1.54, 1.807) is 0 Å². The highest BCUT2D eigenvalue weighted by Gasteiger charge is 2.25. The standard InChI is InChI=1S/C28H30N4/c1-19(32-14-12-23(13-15-32)22-8-6-21(17-29)7-9-22)25-10-11-26(24-4-3-5-24)27(16-25)28-18-30-20(2)31-28/h6-11,16,18,23-24H,1,3-5,12-15H2,2H3,(H,30,31). The second-order valence-corrected chi connectivity index (χ2v) is 9.25. The van der Waals surface area contributed by atoms with Crippen LogP contribution in [0.2, 0.25) is 0 Å². The predicted molar refractivity (Wildman–Crippen MR) is 129 cm³/mol. The Hall–Kier alpha value is -3.32. The lowest BCUT2D eigenvalue weighted by atomic mass is 9.77. The van der Waals surface area contributed by atoms with E-state index in [1.165, 1.54) is 41.5 Å². The number of likely N-dealkylation sites (tertiary alicyclic amines) is 1. The molecule has 3 aromatic rings. The summed E-state index contributed by atoms with van der Waals surface area (Å²) in [5, 5.41) is 9.03. The second kappa shape index (κ2) is 8.67. The molecule has 4 nitrogen and oxygen atoms in total. The third-order valence-corrected chi connectivity index (χ3v) is 7.31. The fourth-order valence-electron chi connectivity index (χ4n) is 5.10. The number of imidazole rings is 1. The first kappa shape index (κ1) is 20.6. The summed E-state index contributed by atoms with van der Waals surface area (Å²) >= 11 is 0. The number of aromatic amines is 1. The Labute approximate surface area is 190 Å². The van der Waals surface area contributed by atoms with Crippen LogP contribution >= 0.6 is 0 Å². The van der Waals surface area contributed by atoms with Gasteiger partial charge in [-0.1, -0.05) is 37.3 Å². The number of nitriles is 1. The summed E-state index contributed by atoms with van der Waals surface area (Å²) in [5.41, 5.74) is 8.22. The zero-order chi connectivity index (χ0) is 22.1. The molecule has 5 rings (SSSR count). The van der Waals surface area contributed by atoms with Gasteiger partial charge in [0.15, 0.2) is 0 Å². The van der Waals surface area contributed by atoms with E-state index in [2.05, 4.69) is 57.8 Å². The molecular weight excluding hydrogens is 392 g/mol. The number of nitrogens with zero attached hydrogens (tertiary/aromatic N) is 3. The van der Waals surface area contributed by atoms with E-state index >= 15 is 0 Å². The molecule has 32 heavy (non-hydrogen) atoms. The largest absolute Gasteiger partial charge is 0.371 e. The van der Waals surface area contributed by atoms with E-state index in [1.807, 2.05) is 25.3 Å². The summed E-state index contributed by atoms with van der Waals surface area (Å²) in [6.45, 7) is 8.50. The molecule has 0 spiro atoms. The third kappa shape index (κ3) is 3.96. The highest BCUT2D eigenvalue weighted by Crippen LogP contribution is 2.42. The first-order chi connectivity index (χ1) is 15.6. The maximum absolute atomic E-state index is 9.03. The Morgan fingerprint density at radius 1 is 1.06 bits per heavy atom. The van der Waals surface area contributed by atoms with Crippen molar-refractivity contribution in [3.05, 3.63) is 83.3 Å². The minimum absolute atomic E-state index is 0.552. The van der Waals surface area contributed by atoms with E-state index in [0.29, 0.717) is 11.8 Å². The molecule has 2 fully saturated rings. The molecule has 1 aliphatic carbocycles. The predicted octanol–water partition coefficient (Wildman–Crippen LogP) is 6.37. The molecule has 0 bridgehead atoms. The van der Waals surface area contributed by atoms with Crippen LogP contribution in [0, 0.1) is 18.3 Å². The van der Waals surface area contributed by atoms with Crippen LogP contribution in [0.1, 0.15) is 72.0 Å². The quantitative estimate of drug-likeness (QED) is 0.519. The van der Waals surface area contributed by atoms with Crippen LogP contribution in [0.3, 0.4) is 0 Å². The summed E-state index contributed by atoms with van der Waals surface area (Å²) in [5.74, 6) is 2.17. The number of aryl methyl sites for hydroxylation is 1. The van der Waals surface area contributed by atoms with Crippen LogP contribution in [0.15, 0.2) is 55.2 Å². The van der Waals surface area contributed by atoms with Crippen LogP contribution in [0.4, 0.5) is 0 Å². The maximum atomic E-state index is 9.03. The minimum Gasteiger partial charge on any atom is -0.371 e. The van der Waals surface area contributed by atoms with Crippen LogP contribution < -0.4 is 0 Å². The van der Waals surface area contributed by atoms with Crippen molar-refractivity contribution in [2.45, 2.75) is 50.9 Å². The van der Waals surface area contributed by atoms with E-state index in [0.717, 1.165) is 48.7 Å². The third-order valence-electron chi connectivity index (χ3n) is 7.31. The number of nitrogens with one attached hydrogen (secondary N) is 1. The molecule has 0 atom stereocenters. The van der Waals surface area contributed by atoms with Gasteiger partial charge in [0.25, 0.3) is 0 Å². The van der Waals surface area contributed by atoms with Crippen LogP contribution in [-0.4, -0.2) is 28.0 Å². The Balaban J connectivity index is 1.33. The number of hydrogen-bond donors (Lipinski definition) is 1. The Morgan fingerprint density at radius 3 is 2.41 bits per heavy atom. The van der Waals surface area contributed by atoms with Gasteiger partial charge in [0.05, 0.1) is 23.5 Å². The van der Waals surface area contributed by atoms with Crippen molar-refractivity contribution in [3.63, 3.8) is 0 Å². The molecule has 2 aromatic carbocycles. The van der Waals surface area contributed by atoms with Gasteiger partial charge in [0, 0.05) is 24.4 Å². The van der Waals surface area contributed by atoms with E-state index < -0.39 is 0 Å². The van der Waals surface area contributed by atoms with Crippen molar-refractivity contribution < 1.29 is 0 Å². The Morgan fingerprint density at radius 2 is 1.81 bits per heavy atom. The molecule has 0 amide bonds. The fourth-order valence-corrected chi connectivity index (χ4v) is 5.10. The van der Waals surface area contributed by atoms with Gasteiger partial charge in [-0.25, -0.2) is 4.98 Å². The van der Waals surface area contributed by atoms with Gasteiger partial charge < -0.3 is 9.88 Å². The molecule has 1 saturated heterocycles. The summed E-state index contributed by atoms with van der Waals surface area (Å²) in [6.07, 6.45) is 8.07. The van der Waals surface area contributed by atoms with E-state index in [9.17, 15) is 0 Å². The molecular formula is C28H30N4. The van der Waals surface area contributed by atoms with E-state index in [4.69, 9.17) is 5.26 Å². The van der Waals surface area contributed by atoms with E-state index in [-0.39, 0.29) is 0 Å². The Kier molecular flexibility index (Phi) is 5.57. The zero-order valence-electron chi connectivity index (χ0n) is 18.8. The lowest BCUT2D eigenvalue weighted by Crippen LogP contribution is -2.31. The zero-order valence-corrected chi connectivity index (χ0v) is 18.8. The van der Waals surface area contributed by atoms with Crippen LogP contribution in [0.5, 0.6) is 0 Å². The topological polar surface area (TPSA) is 55.7 Å². The molecule has 4 heteroatoms. The normalized spacial score (nSPS) is 17.1. The number of hydrogen-bond acceptors (Lipinski definition) is 3. The lowest BCUT2D eigenvalue weighted by Gasteiger charge is -2.35. The monoisotopic (exact) mass is 422 g/mol. The molecule has 1 aliphatic heterocycles. The van der Waals surface area contributed by atoms with Gasteiger partial charge in [0.2, 0.25) is 0 Å². The first-order valence-electron chi connectivity index (χ1n) is 11.7.